The molecule has 4 heteroatoms. The average molecular weight is 199 g/mol. The molecule has 0 aromatic rings. The molecule has 1 atom stereocenters. The Morgan fingerprint density at radius 1 is 1.57 bits per heavy atom. The molecule has 4 nitrogen and oxygen atoms in total. The first kappa shape index (κ1) is 11.5. The van der Waals surface area contributed by atoms with Crippen LogP contribution in [-0.4, -0.2) is 43.0 Å². The molecule has 0 bridgehead atoms. The fourth-order valence-electron chi connectivity index (χ4n) is 1.65. The summed E-state index contributed by atoms with van der Waals surface area (Å²) in [6.07, 6.45) is 2.79. The molecule has 1 saturated heterocycles. The molecule has 0 aliphatic carbocycles. The molecule has 1 aliphatic heterocycles. The van der Waals surface area contributed by atoms with E-state index in [0.717, 1.165) is 25.9 Å². The second kappa shape index (κ2) is 5.32. The predicted octanol–water partition coefficient (Wildman–Crippen LogP) is -0.0659. The zero-order valence-electron chi connectivity index (χ0n) is 9.12. The molecule has 0 spiro atoms. The fraction of sp³-hybridized carbons (Fsp3) is 0.900. The second-order valence-corrected chi connectivity index (χ2v) is 4.10. The Hall–Kier alpha value is -0.610. The van der Waals surface area contributed by atoms with Gasteiger partial charge in [-0.1, -0.05) is 6.92 Å². The Morgan fingerprint density at radius 3 is 2.64 bits per heavy atom. The summed E-state index contributed by atoms with van der Waals surface area (Å²) < 4.78 is 0. The number of rotatable bonds is 3. The van der Waals surface area contributed by atoms with Crippen LogP contribution in [0, 0.1) is 0 Å². The van der Waals surface area contributed by atoms with Crippen LogP contribution in [0.15, 0.2) is 0 Å². The summed E-state index contributed by atoms with van der Waals surface area (Å²) in [6, 6.07) is -0.00837. The van der Waals surface area contributed by atoms with Gasteiger partial charge >= 0.3 is 0 Å². The minimum atomic E-state index is -0.338. The molecule has 0 unspecified atom stereocenters. The van der Waals surface area contributed by atoms with E-state index in [1.165, 1.54) is 0 Å². The molecular formula is C10H21N3O. The van der Waals surface area contributed by atoms with Crippen LogP contribution in [0.4, 0.5) is 0 Å². The maximum absolute atomic E-state index is 11.5. The Balaban J connectivity index is 2.27. The Kier molecular flexibility index (Phi) is 4.35. The summed E-state index contributed by atoms with van der Waals surface area (Å²) in [4.78, 5) is 13.8. The van der Waals surface area contributed by atoms with Gasteiger partial charge in [-0.2, -0.15) is 0 Å². The number of carbonyl (C=O) groups excluding carboxylic acids is 1. The van der Waals surface area contributed by atoms with E-state index in [2.05, 4.69) is 17.3 Å². The van der Waals surface area contributed by atoms with Crippen LogP contribution in [0.25, 0.3) is 0 Å². The molecule has 3 N–H and O–H groups in total. The van der Waals surface area contributed by atoms with Crippen molar-refractivity contribution in [1.29, 1.82) is 0 Å². The minimum absolute atomic E-state index is 0.00190. The number of carbonyl (C=O) groups is 1. The van der Waals surface area contributed by atoms with E-state index >= 15 is 0 Å². The van der Waals surface area contributed by atoms with Gasteiger partial charge in [0, 0.05) is 6.04 Å². The Labute approximate surface area is 85.8 Å². The highest BCUT2D eigenvalue weighted by molar-refractivity contribution is 5.81. The SMILES string of the molecule is CC[C@@H](N)C(=O)NC1CCN(C)CC1. The van der Waals surface area contributed by atoms with Crippen LogP contribution in [0.1, 0.15) is 26.2 Å². The molecule has 1 aliphatic rings. The number of amides is 1. The van der Waals surface area contributed by atoms with Gasteiger partial charge in [-0.25, -0.2) is 0 Å². The first-order valence-corrected chi connectivity index (χ1v) is 5.38. The summed E-state index contributed by atoms with van der Waals surface area (Å²) in [5, 5.41) is 3.00. The van der Waals surface area contributed by atoms with Gasteiger partial charge in [0.15, 0.2) is 0 Å². The molecule has 1 rings (SSSR count). The van der Waals surface area contributed by atoms with Crippen LogP contribution in [0.2, 0.25) is 0 Å². The minimum Gasteiger partial charge on any atom is -0.352 e. The van der Waals surface area contributed by atoms with Gasteiger partial charge in [0.2, 0.25) is 5.91 Å². The van der Waals surface area contributed by atoms with Crippen LogP contribution >= 0.6 is 0 Å². The molecule has 0 aromatic heterocycles. The standard InChI is InChI=1S/C10H21N3O/c1-3-9(11)10(14)12-8-4-6-13(2)7-5-8/h8-9H,3-7,11H2,1-2H3,(H,12,14)/t9-/m1/s1. The fourth-order valence-corrected chi connectivity index (χ4v) is 1.65. The maximum Gasteiger partial charge on any atom is 0.237 e. The lowest BCUT2D eigenvalue weighted by molar-refractivity contribution is -0.123. The molecule has 0 aromatic carbocycles. The number of hydrogen-bond donors (Lipinski definition) is 2. The largest absolute Gasteiger partial charge is 0.352 e. The highest BCUT2D eigenvalue weighted by Crippen LogP contribution is 2.08. The van der Waals surface area contributed by atoms with Crippen LogP contribution in [0.3, 0.4) is 0 Å². The lowest BCUT2D eigenvalue weighted by Gasteiger charge is -2.30. The van der Waals surface area contributed by atoms with Crippen LogP contribution in [0.5, 0.6) is 0 Å². The molecule has 1 heterocycles. The van der Waals surface area contributed by atoms with Gasteiger partial charge in [-0.3, -0.25) is 4.79 Å². The number of piperidine rings is 1. The number of nitrogens with two attached hydrogens (primary N) is 1. The third-order valence-electron chi connectivity index (χ3n) is 2.84. The Bertz CT molecular complexity index is 188. The van der Waals surface area contributed by atoms with Crippen LogP contribution in [-0.2, 0) is 4.79 Å². The van der Waals surface area contributed by atoms with Crippen LogP contribution < -0.4 is 11.1 Å². The van der Waals surface area contributed by atoms with E-state index in [0.29, 0.717) is 12.5 Å². The van der Waals surface area contributed by atoms with Crippen molar-refractivity contribution in [3.63, 3.8) is 0 Å². The number of hydrogen-bond acceptors (Lipinski definition) is 3. The predicted molar refractivity (Wildman–Crippen MR) is 56.9 cm³/mol. The van der Waals surface area contributed by atoms with Crippen molar-refractivity contribution >= 4 is 5.91 Å². The topological polar surface area (TPSA) is 58.4 Å². The molecular weight excluding hydrogens is 178 g/mol. The molecule has 0 radical (unpaired) electrons. The molecule has 0 saturated carbocycles. The summed E-state index contributed by atoms with van der Waals surface area (Å²) in [6.45, 7) is 4.05. The van der Waals surface area contributed by atoms with E-state index in [1.54, 1.807) is 0 Å². The van der Waals surface area contributed by atoms with Gasteiger partial charge in [0.05, 0.1) is 6.04 Å². The zero-order valence-corrected chi connectivity index (χ0v) is 9.12. The van der Waals surface area contributed by atoms with Crippen molar-refractivity contribution < 1.29 is 4.79 Å². The molecule has 1 amide bonds. The van der Waals surface area contributed by atoms with E-state index in [-0.39, 0.29) is 11.9 Å². The van der Waals surface area contributed by atoms with Gasteiger partial charge in [-0.05, 0) is 39.4 Å². The normalized spacial score (nSPS) is 21.9. The van der Waals surface area contributed by atoms with Crippen molar-refractivity contribution in [1.82, 2.24) is 10.2 Å². The van der Waals surface area contributed by atoms with Crippen molar-refractivity contribution in [3.8, 4) is 0 Å². The molecule has 1 fully saturated rings. The quantitative estimate of drug-likeness (QED) is 0.669. The number of nitrogens with zero attached hydrogens (tertiary/aromatic N) is 1. The van der Waals surface area contributed by atoms with Gasteiger partial charge in [-0.15, -0.1) is 0 Å². The van der Waals surface area contributed by atoms with E-state index < -0.39 is 0 Å². The second-order valence-electron chi connectivity index (χ2n) is 4.10. The summed E-state index contributed by atoms with van der Waals surface area (Å²) in [5.74, 6) is 0.00190. The van der Waals surface area contributed by atoms with Crippen molar-refractivity contribution in [3.05, 3.63) is 0 Å². The van der Waals surface area contributed by atoms with Gasteiger partial charge < -0.3 is 16.0 Å². The monoisotopic (exact) mass is 199 g/mol. The van der Waals surface area contributed by atoms with Crippen molar-refractivity contribution in [2.75, 3.05) is 20.1 Å². The maximum atomic E-state index is 11.5. The third kappa shape index (κ3) is 3.27. The molecule has 14 heavy (non-hydrogen) atoms. The van der Waals surface area contributed by atoms with E-state index in [1.807, 2.05) is 6.92 Å². The summed E-state index contributed by atoms with van der Waals surface area (Å²) >= 11 is 0. The van der Waals surface area contributed by atoms with Gasteiger partial charge in [0.1, 0.15) is 0 Å². The first-order valence-electron chi connectivity index (χ1n) is 5.38. The number of likely N-dealkylation sites (tertiary alicyclic amines) is 1. The lowest BCUT2D eigenvalue weighted by Crippen LogP contribution is -2.48. The zero-order chi connectivity index (χ0) is 10.6. The summed E-state index contributed by atoms with van der Waals surface area (Å²) in [7, 11) is 2.11. The van der Waals surface area contributed by atoms with E-state index in [9.17, 15) is 4.79 Å². The molecule has 82 valence electrons. The first-order chi connectivity index (χ1) is 6.63. The average Bonchev–Trinajstić information content (AvgIpc) is 2.20. The lowest BCUT2D eigenvalue weighted by atomic mass is 10.0. The van der Waals surface area contributed by atoms with E-state index in [4.69, 9.17) is 5.73 Å². The Morgan fingerprint density at radius 2 is 2.14 bits per heavy atom. The third-order valence-corrected chi connectivity index (χ3v) is 2.84. The highest BCUT2D eigenvalue weighted by Gasteiger charge is 2.20. The number of nitrogens with one attached hydrogen (secondary N) is 1. The van der Waals surface area contributed by atoms with Gasteiger partial charge in [0.25, 0.3) is 0 Å². The highest BCUT2D eigenvalue weighted by atomic mass is 16.2. The van der Waals surface area contributed by atoms with Crippen molar-refractivity contribution in [2.45, 2.75) is 38.3 Å². The smallest absolute Gasteiger partial charge is 0.237 e. The summed E-state index contributed by atoms with van der Waals surface area (Å²) in [5.41, 5.74) is 5.64. The van der Waals surface area contributed by atoms with Crippen molar-refractivity contribution in [2.24, 2.45) is 5.73 Å².